The van der Waals surface area contributed by atoms with Gasteiger partial charge in [0.1, 0.15) is 11.6 Å². The largest absolute Gasteiger partial charge is 0.315 e. The number of aryl methyl sites for hydroxylation is 2. The van der Waals surface area contributed by atoms with Gasteiger partial charge in [0.2, 0.25) is 0 Å². The molecule has 0 radical (unpaired) electrons. The highest BCUT2D eigenvalue weighted by atomic mass is 15.3. The second-order valence-corrected chi connectivity index (χ2v) is 3.04. The zero-order valence-corrected chi connectivity index (χ0v) is 6.88. The molecule has 0 bridgehead atoms. The summed E-state index contributed by atoms with van der Waals surface area (Å²) in [7, 11) is 0. The molecule has 0 unspecified atom stereocenters. The van der Waals surface area contributed by atoms with Gasteiger partial charge in [0, 0.05) is 19.4 Å². The Morgan fingerprint density at radius 3 is 3.18 bits per heavy atom. The molecule has 2 rings (SSSR count). The Labute approximate surface area is 66.4 Å². The molecule has 0 fully saturated rings. The van der Waals surface area contributed by atoms with Gasteiger partial charge in [0.05, 0.1) is 0 Å². The SMILES string of the molecule is CCCc1nnc2n1CCC2. The second kappa shape index (κ2) is 2.64. The van der Waals surface area contributed by atoms with Gasteiger partial charge in [-0.15, -0.1) is 10.2 Å². The van der Waals surface area contributed by atoms with E-state index in [0.29, 0.717) is 0 Å². The van der Waals surface area contributed by atoms with Crippen LogP contribution in [-0.2, 0) is 19.4 Å². The highest BCUT2D eigenvalue weighted by Crippen LogP contribution is 2.14. The van der Waals surface area contributed by atoms with Gasteiger partial charge < -0.3 is 4.57 Å². The van der Waals surface area contributed by atoms with Crippen LogP contribution in [0.5, 0.6) is 0 Å². The van der Waals surface area contributed by atoms with E-state index in [1.165, 1.54) is 18.1 Å². The summed E-state index contributed by atoms with van der Waals surface area (Å²) < 4.78 is 2.27. The monoisotopic (exact) mass is 151 g/mol. The Balaban J connectivity index is 2.27. The quantitative estimate of drug-likeness (QED) is 0.635. The summed E-state index contributed by atoms with van der Waals surface area (Å²) in [5.74, 6) is 2.37. The third-order valence-electron chi connectivity index (χ3n) is 2.16. The minimum absolute atomic E-state index is 1.08. The Kier molecular flexibility index (Phi) is 1.64. The van der Waals surface area contributed by atoms with E-state index in [4.69, 9.17) is 0 Å². The fraction of sp³-hybridized carbons (Fsp3) is 0.750. The second-order valence-electron chi connectivity index (χ2n) is 3.04. The molecule has 3 nitrogen and oxygen atoms in total. The Hall–Kier alpha value is -0.860. The van der Waals surface area contributed by atoms with Crippen molar-refractivity contribution >= 4 is 0 Å². The lowest BCUT2D eigenvalue weighted by molar-refractivity contribution is 0.675. The Morgan fingerprint density at radius 2 is 2.36 bits per heavy atom. The van der Waals surface area contributed by atoms with E-state index in [9.17, 15) is 0 Å². The van der Waals surface area contributed by atoms with Crippen LogP contribution in [-0.4, -0.2) is 14.8 Å². The smallest absolute Gasteiger partial charge is 0.133 e. The van der Waals surface area contributed by atoms with Crippen LogP contribution in [0.3, 0.4) is 0 Å². The van der Waals surface area contributed by atoms with Crippen molar-refractivity contribution in [1.29, 1.82) is 0 Å². The third-order valence-corrected chi connectivity index (χ3v) is 2.16. The standard InChI is InChI=1S/C8H13N3/c1-2-4-7-9-10-8-5-3-6-11(7)8/h2-6H2,1H3. The van der Waals surface area contributed by atoms with E-state index < -0.39 is 0 Å². The first-order valence-electron chi connectivity index (χ1n) is 4.32. The molecule has 0 saturated heterocycles. The van der Waals surface area contributed by atoms with Gasteiger partial charge in [0.25, 0.3) is 0 Å². The summed E-state index contributed by atoms with van der Waals surface area (Å²) in [6.45, 7) is 3.31. The summed E-state index contributed by atoms with van der Waals surface area (Å²) in [5.41, 5.74) is 0. The first-order valence-corrected chi connectivity index (χ1v) is 4.32. The minimum Gasteiger partial charge on any atom is -0.315 e. The van der Waals surface area contributed by atoms with Crippen LogP contribution in [0.15, 0.2) is 0 Å². The normalized spacial score (nSPS) is 15.4. The van der Waals surface area contributed by atoms with Crippen molar-refractivity contribution in [3.05, 3.63) is 11.6 Å². The number of hydrogen-bond acceptors (Lipinski definition) is 2. The first-order chi connectivity index (χ1) is 5.42. The predicted octanol–water partition coefficient (Wildman–Crippen LogP) is 1.18. The van der Waals surface area contributed by atoms with Gasteiger partial charge in [-0.25, -0.2) is 0 Å². The number of nitrogens with zero attached hydrogens (tertiary/aromatic N) is 3. The fourth-order valence-electron chi connectivity index (χ4n) is 1.62. The topological polar surface area (TPSA) is 30.7 Å². The molecule has 0 aliphatic carbocycles. The van der Waals surface area contributed by atoms with Crippen molar-refractivity contribution in [1.82, 2.24) is 14.8 Å². The average molecular weight is 151 g/mol. The highest BCUT2D eigenvalue weighted by molar-refractivity contribution is 5.00. The maximum absolute atomic E-state index is 4.14. The van der Waals surface area contributed by atoms with Gasteiger partial charge in [-0.2, -0.15) is 0 Å². The van der Waals surface area contributed by atoms with Gasteiger partial charge in [-0.1, -0.05) is 6.92 Å². The average Bonchev–Trinajstić information content (AvgIpc) is 2.53. The van der Waals surface area contributed by atoms with E-state index in [2.05, 4.69) is 21.7 Å². The maximum Gasteiger partial charge on any atom is 0.133 e. The summed E-state index contributed by atoms with van der Waals surface area (Å²) in [4.78, 5) is 0. The van der Waals surface area contributed by atoms with E-state index in [0.717, 1.165) is 25.8 Å². The molecule has 0 saturated carbocycles. The molecule has 2 heterocycles. The molecule has 0 atom stereocenters. The lowest BCUT2D eigenvalue weighted by atomic mass is 10.3. The van der Waals surface area contributed by atoms with Gasteiger partial charge in [-0.3, -0.25) is 0 Å². The van der Waals surface area contributed by atoms with Gasteiger partial charge in [0.15, 0.2) is 0 Å². The van der Waals surface area contributed by atoms with Crippen molar-refractivity contribution < 1.29 is 0 Å². The molecular formula is C8H13N3. The molecule has 0 spiro atoms. The number of hydrogen-bond donors (Lipinski definition) is 0. The number of rotatable bonds is 2. The van der Waals surface area contributed by atoms with Crippen LogP contribution in [0.1, 0.15) is 31.4 Å². The first kappa shape index (κ1) is 6.83. The summed E-state index contributed by atoms with van der Waals surface area (Å²) >= 11 is 0. The fourth-order valence-corrected chi connectivity index (χ4v) is 1.62. The third kappa shape index (κ3) is 1.04. The highest BCUT2D eigenvalue weighted by Gasteiger charge is 2.15. The molecule has 1 aliphatic heterocycles. The molecule has 1 aliphatic rings. The molecule has 1 aromatic rings. The number of fused-ring (bicyclic) bond motifs is 1. The van der Waals surface area contributed by atoms with Gasteiger partial charge in [-0.05, 0) is 12.8 Å². The van der Waals surface area contributed by atoms with Crippen molar-refractivity contribution in [2.24, 2.45) is 0 Å². The number of aromatic nitrogens is 3. The van der Waals surface area contributed by atoms with E-state index in [-0.39, 0.29) is 0 Å². The molecular weight excluding hydrogens is 138 g/mol. The van der Waals surface area contributed by atoms with E-state index in [1.54, 1.807) is 0 Å². The van der Waals surface area contributed by atoms with Crippen LogP contribution < -0.4 is 0 Å². The Morgan fingerprint density at radius 1 is 1.45 bits per heavy atom. The van der Waals surface area contributed by atoms with Crippen molar-refractivity contribution in [2.45, 2.75) is 39.2 Å². The van der Waals surface area contributed by atoms with Crippen LogP contribution in [0, 0.1) is 0 Å². The van der Waals surface area contributed by atoms with Crippen LogP contribution in [0.2, 0.25) is 0 Å². The zero-order valence-electron chi connectivity index (χ0n) is 6.88. The zero-order chi connectivity index (χ0) is 7.68. The summed E-state index contributed by atoms with van der Waals surface area (Å²) in [5, 5.41) is 8.27. The predicted molar refractivity (Wildman–Crippen MR) is 42.3 cm³/mol. The van der Waals surface area contributed by atoms with Gasteiger partial charge >= 0.3 is 0 Å². The van der Waals surface area contributed by atoms with Crippen molar-refractivity contribution in [3.63, 3.8) is 0 Å². The van der Waals surface area contributed by atoms with E-state index >= 15 is 0 Å². The molecule has 0 aromatic carbocycles. The molecule has 0 N–H and O–H groups in total. The van der Waals surface area contributed by atoms with Crippen LogP contribution in [0.25, 0.3) is 0 Å². The Bertz CT molecular complexity index is 252. The minimum atomic E-state index is 1.08. The summed E-state index contributed by atoms with van der Waals surface area (Å²) in [6.07, 6.45) is 4.61. The molecule has 60 valence electrons. The lowest BCUT2D eigenvalue weighted by Gasteiger charge is -1.98. The van der Waals surface area contributed by atoms with Crippen LogP contribution >= 0.6 is 0 Å². The van der Waals surface area contributed by atoms with Crippen molar-refractivity contribution in [2.75, 3.05) is 0 Å². The molecule has 0 amide bonds. The molecule has 3 heteroatoms. The van der Waals surface area contributed by atoms with Crippen LogP contribution in [0.4, 0.5) is 0 Å². The van der Waals surface area contributed by atoms with Crippen molar-refractivity contribution in [3.8, 4) is 0 Å². The molecule has 11 heavy (non-hydrogen) atoms. The summed E-state index contributed by atoms with van der Waals surface area (Å²) in [6, 6.07) is 0. The lowest BCUT2D eigenvalue weighted by Crippen LogP contribution is -1.99. The van der Waals surface area contributed by atoms with E-state index in [1.807, 2.05) is 0 Å². The molecule has 1 aromatic heterocycles. The maximum atomic E-state index is 4.14.